The average Bonchev–Trinajstić information content (AvgIpc) is 2.69. The fourth-order valence-electron chi connectivity index (χ4n) is 4.11. The molecule has 0 aliphatic carbocycles. The summed E-state index contributed by atoms with van der Waals surface area (Å²) in [6.07, 6.45) is 0. The number of nitrogens with zero attached hydrogens (tertiary/aromatic N) is 3. The molecule has 8 nitrogen and oxygen atoms in total. The van der Waals surface area contributed by atoms with Crippen LogP contribution in [0.1, 0.15) is 25.0 Å². The Labute approximate surface area is 179 Å². The Hall–Kier alpha value is -1.97. The van der Waals surface area contributed by atoms with Gasteiger partial charge in [0.05, 0.1) is 17.5 Å². The summed E-state index contributed by atoms with van der Waals surface area (Å²) in [5, 5.41) is 2.86. The van der Waals surface area contributed by atoms with E-state index < -0.39 is 10.0 Å². The number of sulfonamides is 1. The predicted octanol–water partition coefficient (Wildman–Crippen LogP) is 0.593. The number of hydrogen-bond donors (Lipinski definition) is 1. The molecule has 0 saturated carbocycles. The summed E-state index contributed by atoms with van der Waals surface area (Å²) in [6.45, 7) is 10.4. The van der Waals surface area contributed by atoms with Gasteiger partial charge in [-0.05, 0) is 43.0 Å². The van der Waals surface area contributed by atoms with Crippen LogP contribution < -0.4 is 5.32 Å². The first-order valence-corrected chi connectivity index (χ1v) is 11.9. The lowest BCUT2D eigenvalue weighted by Gasteiger charge is -2.39. The van der Waals surface area contributed by atoms with E-state index in [9.17, 15) is 18.0 Å². The smallest absolute Gasteiger partial charge is 0.243 e. The van der Waals surface area contributed by atoms with E-state index in [0.717, 1.165) is 11.1 Å². The highest BCUT2D eigenvalue weighted by Crippen LogP contribution is 2.21. The lowest BCUT2D eigenvalue weighted by atomic mass is 9.99. The number of rotatable bonds is 5. The fourth-order valence-corrected chi connectivity index (χ4v) is 5.62. The average molecular weight is 437 g/mol. The van der Waals surface area contributed by atoms with E-state index in [-0.39, 0.29) is 43.4 Å². The highest BCUT2D eigenvalue weighted by molar-refractivity contribution is 7.89. The van der Waals surface area contributed by atoms with Crippen molar-refractivity contribution in [2.45, 2.75) is 38.6 Å². The van der Waals surface area contributed by atoms with Gasteiger partial charge in [0.2, 0.25) is 21.8 Å². The molecule has 2 saturated heterocycles. The van der Waals surface area contributed by atoms with Gasteiger partial charge in [-0.2, -0.15) is 4.31 Å². The molecule has 2 aliphatic heterocycles. The number of carbonyl (C=O) groups is 2. The summed E-state index contributed by atoms with van der Waals surface area (Å²) in [5.41, 5.74) is 1.99. The van der Waals surface area contributed by atoms with Crippen molar-refractivity contribution in [3.8, 4) is 0 Å². The molecule has 0 spiro atoms. The third kappa shape index (κ3) is 4.68. The molecule has 3 rings (SSSR count). The molecule has 166 valence electrons. The lowest BCUT2D eigenvalue weighted by molar-refractivity contribution is -0.138. The van der Waals surface area contributed by atoms with E-state index in [0.29, 0.717) is 31.1 Å². The van der Waals surface area contributed by atoms with Crippen LogP contribution in [0.25, 0.3) is 0 Å². The Kier molecular flexibility index (Phi) is 6.84. The summed E-state index contributed by atoms with van der Waals surface area (Å²) in [7, 11) is -3.57. The Bertz CT molecular complexity index is 908. The van der Waals surface area contributed by atoms with Gasteiger partial charge in [-0.15, -0.1) is 0 Å². The topological polar surface area (TPSA) is 90.0 Å². The second-order valence-corrected chi connectivity index (χ2v) is 10.4. The van der Waals surface area contributed by atoms with Gasteiger partial charge in [-0.3, -0.25) is 14.5 Å². The summed E-state index contributed by atoms with van der Waals surface area (Å²) in [4.78, 5) is 29.0. The molecule has 0 radical (unpaired) electrons. The van der Waals surface area contributed by atoms with E-state index >= 15 is 0 Å². The molecule has 2 aliphatic rings. The van der Waals surface area contributed by atoms with Crippen LogP contribution in [0.3, 0.4) is 0 Å². The summed E-state index contributed by atoms with van der Waals surface area (Å²) < 4.78 is 27.4. The highest BCUT2D eigenvalue weighted by atomic mass is 32.2. The standard InChI is InChI=1S/C21H32N4O4S/c1-15(2)20-21(27)22-7-8-24(20)14-19(26)23-9-11-25(12-10-23)30(28,29)18-6-5-16(3)17(4)13-18/h5-6,13,15,20H,7-12,14H2,1-4H3,(H,22,27). The van der Waals surface area contributed by atoms with Crippen molar-refractivity contribution in [1.82, 2.24) is 19.4 Å². The molecule has 2 amide bonds. The van der Waals surface area contributed by atoms with Crippen LogP contribution in [0, 0.1) is 19.8 Å². The van der Waals surface area contributed by atoms with Crippen LogP contribution in [0.15, 0.2) is 23.1 Å². The normalized spacial score (nSPS) is 21.7. The van der Waals surface area contributed by atoms with Crippen molar-refractivity contribution in [2.24, 2.45) is 5.92 Å². The van der Waals surface area contributed by atoms with Crippen LogP contribution in [0.5, 0.6) is 0 Å². The van der Waals surface area contributed by atoms with Gasteiger partial charge in [0.15, 0.2) is 0 Å². The zero-order valence-electron chi connectivity index (χ0n) is 18.2. The number of amides is 2. The molecular weight excluding hydrogens is 404 g/mol. The molecule has 2 fully saturated rings. The van der Waals surface area contributed by atoms with E-state index in [1.54, 1.807) is 17.0 Å². The van der Waals surface area contributed by atoms with Gasteiger partial charge in [-0.1, -0.05) is 19.9 Å². The molecular formula is C21H32N4O4S. The molecule has 30 heavy (non-hydrogen) atoms. The molecule has 0 aromatic heterocycles. The van der Waals surface area contributed by atoms with Crippen LogP contribution in [-0.4, -0.2) is 86.2 Å². The van der Waals surface area contributed by atoms with E-state index in [1.165, 1.54) is 4.31 Å². The number of carbonyl (C=O) groups excluding carboxylic acids is 2. The van der Waals surface area contributed by atoms with Gasteiger partial charge < -0.3 is 10.2 Å². The van der Waals surface area contributed by atoms with E-state index in [2.05, 4.69) is 5.32 Å². The minimum Gasteiger partial charge on any atom is -0.353 e. The van der Waals surface area contributed by atoms with Crippen molar-refractivity contribution in [3.05, 3.63) is 29.3 Å². The predicted molar refractivity (Wildman–Crippen MR) is 114 cm³/mol. The Morgan fingerprint density at radius 3 is 2.37 bits per heavy atom. The second-order valence-electron chi connectivity index (χ2n) is 8.48. The van der Waals surface area contributed by atoms with E-state index in [1.807, 2.05) is 38.7 Å². The summed E-state index contributed by atoms with van der Waals surface area (Å²) >= 11 is 0. The second kappa shape index (κ2) is 9.03. The Balaban J connectivity index is 1.61. The SMILES string of the molecule is Cc1ccc(S(=O)(=O)N2CCN(C(=O)CN3CCNC(=O)C3C(C)C)CC2)cc1C. The maximum absolute atomic E-state index is 13.0. The first-order chi connectivity index (χ1) is 14.1. The van der Waals surface area contributed by atoms with Crippen molar-refractivity contribution in [2.75, 3.05) is 45.8 Å². The quantitative estimate of drug-likeness (QED) is 0.730. The number of piperazine rings is 2. The molecule has 1 aromatic rings. The lowest BCUT2D eigenvalue weighted by Crippen LogP contribution is -2.60. The van der Waals surface area contributed by atoms with E-state index in [4.69, 9.17) is 0 Å². The fraction of sp³-hybridized carbons (Fsp3) is 0.619. The maximum atomic E-state index is 13.0. The maximum Gasteiger partial charge on any atom is 0.243 e. The molecule has 1 atom stereocenters. The zero-order chi connectivity index (χ0) is 22.1. The van der Waals surface area contributed by atoms with Gasteiger partial charge in [0.1, 0.15) is 0 Å². The minimum atomic E-state index is -3.57. The van der Waals surface area contributed by atoms with Crippen LogP contribution in [0.4, 0.5) is 0 Å². The third-order valence-corrected chi connectivity index (χ3v) is 7.93. The van der Waals surface area contributed by atoms with Crippen LogP contribution in [0.2, 0.25) is 0 Å². The van der Waals surface area contributed by atoms with Crippen molar-refractivity contribution >= 4 is 21.8 Å². The number of benzene rings is 1. The number of nitrogens with one attached hydrogen (secondary N) is 1. The van der Waals surface area contributed by atoms with Crippen molar-refractivity contribution in [1.29, 1.82) is 0 Å². The molecule has 1 unspecified atom stereocenters. The number of hydrogen-bond acceptors (Lipinski definition) is 5. The first kappa shape index (κ1) is 22.7. The van der Waals surface area contributed by atoms with Crippen molar-refractivity contribution in [3.63, 3.8) is 0 Å². The Morgan fingerprint density at radius 1 is 1.10 bits per heavy atom. The van der Waals surface area contributed by atoms with Gasteiger partial charge in [0, 0.05) is 39.3 Å². The molecule has 9 heteroatoms. The third-order valence-electron chi connectivity index (χ3n) is 6.04. The first-order valence-electron chi connectivity index (χ1n) is 10.5. The van der Waals surface area contributed by atoms with Crippen molar-refractivity contribution < 1.29 is 18.0 Å². The summed E-state index contributed by atoms with van der Waals surface area (Å²) in [5.74, 6) is 0.0185. The monoisotopic (exact) mass is 436 g/mol. The van der Waals surface area contributed by atoms with Gasteiger partial charge >= 0.3 is 0 Å². The van der Waals surface area contributed by atoms with Crippen LogP contribution in [-0.2, 0) is 19.6 Å². The molecule has 1 N–H and O–H groups in total. The van der Waals surface area contributed by atoms with Gasteiger partial charge in [-0.25, -0.2) is 8.42 Å². The van der Waals surface area contributed by atoms with Crippen LogP contribution >= 0.6 is 0 Å². The Morgan fingerprint density at radius 2 is 1.77 bits per heavy atom. The summed E-state index contributed by atoms with van der Waals surface area (Å²) in [6, 6.07) is 4.86. The van der Waals surface area contributed by atoms with Gasteiger partial charge in [0.25, 0.3) is 0 Å². The zero-order valence-corrected chi connectivity index (χ0v) is 19.0. The molecule has 2 heterocycles. The molecule has 1 aromatic carbocycles. The molecule has 0 bridgehead atoms. The number of aryl methyl sites for hydroxylation is 2. The minimum absolute atomic E-state index is 0.0339. The largest absolute Gasteiger partial charge is 0.353 e. The highest BCUT2D eigenvalue weighted by Gasteiger charge is 2.35.